The van der Waals surface area contributed by atoms with Gasteiger partial charge in [-0.25, -0.2) is 8.78 Å². The van der Waals surface area contributed by atoms with Gasteiger partial charge in [-0.05, 0) is 19.1 Å². The molecule has 1 aromatic carbocycles. The Morgan fingerprint density at radius 1 is 1.39 bits per heavy atom. The number of hydrogen-bond donors (Lipinski definition) is 2. The molecule has 0 fully saturated rings. The number of halogens is 2. The first kappa shape index (κ1) is 16.9. The van der Waals surface area contributed by atoms with Crippen molar-refractivity contribution in [2.75, 3.05) is 13.2 Å². The Bertz CT molecular complexity index is 675. The number of nitrogens with one attached hydrogen (secondary N) is 1. The molecule has 1 aromatic heterocycles. The van der Waals surface area contributed by atoms with Crippen LogP contribution in [0.15, 0.2) is 28.8 Å². The molecular weight excluding hydrogens is 310 g/mol. The van der Waals surface area contributed by atoms with Crippen molar-refractivity contribution in [3.63, 3.8) is 0 Å². The number of nitrogens with zero attached hydrogens (tertiary/aromatic N) is 1. The molecule has 0 saturated carbocycles. The van der Waals surface area contributed by atoms with Gasteiger partial charge in [-0.3, -0.25) is 4.79 Å². The van der Waals surface area contributed by atoms with Crippen molar-refractivity contribution >= 4 is 5.91 Å². The minimum atomic E-state index is -1.03. The predicted octanol–water partition coefficient (Wildman–Crippen LogP) is 1.36. The van der Waals surface area contributed by atoms with E-state index in [1.807, 2.05) is 0 Å². The predicted molar refractivity (Wildman–Crippen MR) is 75.8 cm³/mol. The number of aliphatic hydroxyl groups is 1. The lowest BCUT2D eigenvalue weighted by Crippen LogP contribution is -2.36. The van der Waals surface area contributed by atoms with E-state index in [2.05, 4.69) is 10.5 Å². The monoisotopic (exact) mass is 326 g/mol. The van der Waals surface area contributed by atoms with E-state index in [9.17, 15) is 18.7 Å². The summed E-state index contributed by atoms with van der Waals surface area (Å²) in [6, 6.07) is 4.70. The average Bonchev–Trinajstić information content (AvgIpc) is 2.91. The summed E-state index contributed by atoms with van der Waals surface area (Å²) in [5.74, 6) is -1.65. The van der Waals surface area contributed by atoms with E-state index >= 15 is 0 Å². The number of aliphatic hydroxyl groups excluding tert-OH is 1. The maximum atomic E-state index is 13.0. The number of hydrogen-bond acceptors (Lipinski definition) is 5. The molecule has 0 aliphatic heterocycles. The second kappa shape index (κ2) is 7.68. The number of rotatable bonds is 7. The normalized spacial score (nSPS) is 12.0. The highest BCUT2D eigenvalue weighted by Crippen LogP contribution is 2.15. The van der Waals surface area contributed by atoms with Gasteiger partial charge in [0.1, 0.15) is 24.2 Å². The molecule has 0 spiro atoms. The molecule has 0 saturated heterocycles. The molecule has 23 heavy (non-hydrogen) atoms. The second-order valence-corrected chi connectivity index (χ2v) is 4.95. The van der Waals surface area contributed by atoms with Crippen LogP contribution in [0.4, 0.5) is 8.78 Å². The summed E-state index contributed by atoms with van der Waals surface area (Å²) in [5, 5.41) is 15.9. The van der Waals surface area contributed by atoms with Gasteiger partial charge in [0.05, 0.1) is 12.1 Å². The molecule has 2 N–H and O–H groups in total. The molecule has 2 aromatic rings. The first-order valence-electron chi connectivity index (χ1n) is 6.89. The van der Waals surface area contributed by atoms with Crippen LogP contribution in [-0.4, -0.2) is 35.4 Å². The summed E-state index contributed by atoms with van der Waals surface area (Å²) in [4.78, 5) is 11.6. The Morgan fingerprint density at radius 2 is 2.17 bits per heavy atom. The molecule has 6 nitrogen and oxygen atoms in total. The summed E-state index contributed by atoms with van der Waals surface area (Å²) in [6.07, 6.45) is -0.959. The molecular formula is C15H16F2N2O4. The SMILES string of the molecule is Cc1cc(CC(=O)NC[C@@H](O)COc2ccc(F)c(F)c2)no1. The van der Waals surface area contributed by atoms with E-state index < -0.39 is 17.7 Å². The summed E-state index contributed by atoms with van der Waals surface area (Å²) in [7, 11) is 0. The zero-order chi connectivity index (χ0) is 16.8. The minimum absolute atomic E-state index is 0.0358. The number of carbonyl (C=O) groups excluding carboxylic acids is 1. The van der Waals surface area contributed by atoms with Crippen LogP contribution >= 0.6 is 0 Å². The Balaban J connectivity index is 1.71. The second-order valence-electron chi connectivity index (χ2n) is 4.95. The smallest absolute Gasteiger partial charge is 0.226 e. The van der Waals surface area contributed by atoms with Gasteiger partial charge in [0, 0.05) is 18.7 Å². The highest BCUT2D eigenvalue weighted by atomic mass is 19.2. The van der Waals surface area contributed by atoms with Crippen molar-refractivity contribution in [1.29, 1.82) is 0 Å². The van der Waals surface area contributed by atoms with Crippen molar-refractivity contribution in [2.45, 2.75) is 19.4 Å². The number of carbonyl (C=O) groups is 1. The van der Waals surface area contributed by atoms with Crippen molar-refractivity contribution in [2.24, 2.45) is 0 Å². The van der Waals surface area contributed by atoms with Crippen molar-refractivity contribution in [1.82, 2.24) is 10.5 Å². The van der Waals surface area contributed by atoms with E-state index in [1.165, 1.54) is 6.07 Å². The van der Waals surface area contributed by atoms with Crippen molar-refractivity contribution in [3.05, 3.63) is 47.4 Å². The quantitative estimate of drug-likeness (QED) is 0.802. The molecule has 124 valence electrons. The van der Waals surface area contributed by atoms with E-state index in [0.717, 1.165) is 12.1 Å². The lowest BCUT2D eigenvalue weighted by atomic mass is 10.2. The number of aromatic nitrogens is 1. The molecule has 1 heterocycles. The third-order valence-corrected chi connectivity index (χ3v) is 2.89. The summed E-state index contributed by atoms with van der Waals surface area (Å²) >= 11 is 0. The minimum Gasteiger partial charge on any atom is -0.491 e. The third-order valence-electron chi connectivity index (χ3n) is 2.89. The Morgan fingerprint density at radius 3 is 2.83 bits per heavy atom. The fourth-order valence-electron chi connectivity index (χ4n) is 1.78. The summed E-state index contributed by atoms with van der Waals surface area (Å²) in [5.41, 5.74) is 0.493. The molecule has 0 bridgehead atoms. The van der Waals surface area contributed by atoms with Crippen LogP contribution in [0, 0.1) is 18.6 Å². The molecule has 1 amide bonds. The number of aryl methyl sites for hydroxylation is 1. The van der Waals surface area contributed by atoms with Crippen LogP contribution in [0.1, 0.15) is 11.5 Å². The Hall–Kier alpha value is -2.48. The van der Waals surface area contributed by atoms with Gasteiger partial charge in [0.2, 0.25) is 5.91 Å². The lowest BCUT2D eigenvalue weighted by Gasteiger charge is -2.13. The maximum Gasteiger partial charge on any atom is 0.226 e. The van der Waals surface area contributed by atoms with E-state index in [4.69, 9.17) is 9.26 Å². The van der Waals surface area contributed by atoms with Gasteiger partial charge in [0.15, 0.2) is 11.6 Å². The fraction of sp³-hybridized carbons (Fsp3) is 0.333. The molecule has 2 rings (SSSR count). The van der Waals surface area contributed by atoms with Crippen LogP contribution in [0.2, 0.25) is 0 Å². The average molecular weight is 326 g/mol. The van der Waals surface area contributed by atoms with Gasteiger partial charge in [-0.1, -0.05) is 5.16 Å². The zero-order valence-electron chi connectivity index (χ0n) is 12.4. The number of ether oxygens (including phenoxy) is 1. The number of amides is 1. The number of benzene rings is 1. The Kier molecular flexibility index (Phi) is 5.64. The standard InChI is InChI=1S/C15H16F2N2O4/c1-9-4-10(19-23-9)5-15(21)18-7-11(20)8-22-12-2-3-13(16)14(17)6-12/h2-4,6,11,20H,5,7-8H2,1H3,(H,18,21)/t11-/m1/s1. The lowest BCUT2D eigenvalue weighted by molar-refractivity contribution is -0.121. The highest BCUT2D eigenvalue weighted by molar-refractivity contribution is 5.78. The van der Waals surface area contributed by atoms with Gasteiger partial charge < -0.3 is 19.7 Å². The first-order chi connectivity index (χ1) is 10.9. The highest BCUT2D eigenvalue weighted by Gasteiger charge is 2.11. The van der Waals surface area contributed by atoms with Gasteiger partial charge in [0.25, 0.3) is 0 Å². The molecule has 0 aliphatic carbocycles. The zero-order valence-corrected chi connectivity index (χ0v) is 12.4. The largest absolute Gasteiger partial charge is 0.491 e. The van der Waals surface area contributed by atoms with Gasteiger partial charge in [-0.15, -0.1) is 0 Å². The van der Waals surface area contributed by atoms with Gasteiger partial charge in [-0.2, -0.15) is 0 Å². The van der Waals surface area contributed by atoms with E-state index in [-0.39, 0.29) is 31.2 Å². The van der Waals surface area contributed by atoms with Crippen LogP contribution in [-0.2, 0) is 11.2 Å². The van der Waals surface area contributed by atoms with Crippen LogP contribution in [0.3, 0.4) is 0 Å². The third kappa shape index (κ3) is 5.33. The van der Waals surface area contributed by atoms with Crippen LogP contribution in [0.25, 0.3) is 0 Å². The molecule has 0 aliphatic rings. The molecule has 8 heteroatoms. The molecule has 0 radical (unpaired) electrons. The van der Waals surface area contributed by atoms with Crippen molar-refractivity contribution in [3.8, 4) is 5.75 Å². The van der Waals surface area contributed by atoms with E-state index in [0.29, 0.717) is 11.5 Å². The van der Waals surface area contributed by atoms with Gasteiger partial charge >= 0.3 is 0 Å². The topological polar surface area (TPSA) is 84.6 Å². The summed E-state index contributed by atoms with van der Waals surface area (Å²) < 4.78 is 35.7. The fourth-order valence-corrected chi connectivity index (χ4v) is 1.78. The van der Waals surface area contributed by atoms with Crippen molar-refractivity contribution < 1.29 is 27.9 Å². The first-order valence-corrected chi connectivity index (χ1v) is 6.89. The van der Waals surface area contributed by atoms with Crippen LogP contribution < -0.4 is 10.1 Å². The van der Waals surface area contributed by atoms with Crippen LogP contribution in [0.5, 0.6) is 5.75 Å². The Labute approximate surface area is 131 Å². The maximum absolute atomic E-state index is 13.0. The van der Waals surface area contributed by atoms with E-state index in [1.54, 1.807) is 13.0 Å². The summed E-state index contributed by atoms with van der Waals surface area (Å²) in [6.45, 7) is 1.50. The molecule has 1 atom stereocenters. The molecule has 0 unspecified atom stereocenters.